The lowest BCUT2D eigenvalue weighted by molar-refractivity contribution is -0.366. The first kappa shape index (κ1) is 41.7. The van der Waals surface area contributed by atoms with Crippen LogP contribution in [0.5, 0.6) is 11.5 Å². The molecule has 4 aromatic rings. The largest absolute Gasteiger partial charge is 0.507 e. The molecule has 7 aliphatic carbocycles. The van der Waals surface area contributed by atoms with E-state index in [1.54, 1.807) is 31.3 Å². The molecule has 0 radical (unpaired) electrons. The Labute approximate surface area is 391 Å². The van der Waals surface area contributed by atoms with Crippen LogP contribution in [-0.2, 0) is 22.4 Å². The van der Waals surface area contributed by atoms with Crippen LogP contribution in [0.1, 0.15) is 143 Å². The number of fused-ring (bicyclic) bond motifs is 5. The first-order valence-electron chi connectivity index (χ1n) is 24.8. The van der Waals surface area contributed by atoms with E-state index in [0.717, 1.165) is 80.0 Å². The van der Waals surface area contributed by atoms with Crippen molar-refractivity contribution < 1.29 is 54.5 Å². The van der Waals surface area contributed by atoms with Crippen LogP contribution in [0, 0.1) is 29.1 Å². The quantitative estimate of drug-likeness (QED) is 0.102. The number of aromatic nitrogens is 2. The van der Waals surface area contributed by atoms with E-state index < -0.39 is 70.1 Å². The van der Waals surface area contributed by atoms with Crippen molar-refractivity contribution in [2.24, 2.45) is 22.2 Å². The van der Waals surface area contributed by atoms with Gasteiger partial charge in [0.15, 0.2) is 17.5 Å². The molecule has 5 spiro atoms. The second-order valence-corrected chi connectivity index (χ2v) is 22.4. The van der Waals surface area contributed by atoms with E-state index in [1.807, 2.05) is 0 Å². The smallest absolute Gasteiger partial charge is 0.261 e. The molecule has 15 rings (SSSR count). The van der Waals surface area contributed by atoms with Crippen molar-refractivity contribution in [1.82, 2.24) is 9.97 Å². The fourth-order valence-corrected chi connectivity index (χ4v) is 16.8. The number of aliphatic hydroxyl groups is 5. The molecule has 8 N–H and O–H groups in total. The van der Waals surface area contributed by atoms with E-state index in [0.29, 0.717) is 71.1 Å². The van der Waals surface area contributed by atoms with E-state index in [2.05, 4.69) is 10.3 Å². The van der Waals surface area contributed by atoms with Gasteiger partial charge in [0.25, 0.3) is 5.79 Å². The zero-order valence-corrected chi connectivity index (χ0v) is 37.9. The standard InChI is InChI=1S/C54H55N3O11/c1-24-17-29-36(33(59)18-24)44(62)39-34-19-28-26(37(39)43(29)61)8-15-55-48(28)56-22-35(60)52-12-7-25-5-4-6-27-32(9-16-58)57-42(38(27)40(25)52)30-20-53(67-34)46(64)45(63)47(65)54(68-53)41(30)31(52)21-51(49(54)66)14-13-50(23-51)10-2-3-11-50/h8,15-20,25,35,40,45-47,49,57,59-60,63-66H,2-7,9-14,21-23H2,1H3,(H,55,56). The number of ether oxygens (including phenoxy) is 2. The molecule has 11 unspecified atom stereocenters. The molecule has 11 aliphatic rings. The van der Waals surface area contributed by atoms with E-state index in [1.165, 1.54) is 12.1 Å². The summed E-state index contributed by atoms with van der Waals surface area (Å²) < 4.78 is 14.6. The van der Waals surface area contributed by atoms with E-state index in [4.69, 9.17) is 14.5 Å². The molecule has 4 fully saturated rings. The Morgan fingerprint density at radius 1 is 0.912 bits per heavy atom. The second kappa shape index (κ2) is 13.6. The van der Waals surface area contributed by atoms with Gasteiger partial charge in [-0.15, -0.1) is 0 Å². The summed E-state index contributed by atoms with van der Waals surface area (Å²) in [5, 5.41) is 81.3. The average molecular weight is 922 g/mol. The van der Waals surface area contributed by atoms with Gasteiger partial charge in [0.2, 0.25) is 5.78 Å². The summed E-state index contributed by atoms with van der Waals surface area (Å²) in [5.41, 5.74) is 1.11. The number of hydrogen-bond acceptors (Lipinski definition) is 13. The van der Waals surface area contributed by atoms with Gasteiger partial charge in [-0.25, -0.2) is 4.98 Å². The number of aromatic hydroxyl groups is 1. The number of nitrogens with one attached hydrogen (secondary N) is 2. The minimum Gasteiger partial charge on any atom is -0.507 e. The Hall–Kier alpha value is -5.22. The summed E-state index contributed by atoms with van der Waals surface area (Å²) in [5.74, 6) is -4.21. The van der Waals surface area contributed by atoms with Crippen molar-refractivity contribution in [2.45, 2.75) is 145 Å². The fourth-order valence-electron chi connectivity index (χ4n) is 16.8. The number of aliphatic hydroxyl groups excluding tert-OH is 5. The lowest BCUT2D eigenvalue weighted by Crippen LogP contribution is -2.78. The van der Waals surface area contributed by atoms with Crippen LogP contribution in [0.25, 0.3) is 16.3 Å². The van der Waals surface area contributed by atoms with Crippen molar-refractivity contribution in [2.75, 3.05) is 11.9 Å². The second-order valence-electron chi connectivity index (χ2n) is 22.4. The molecular weight excluding hydrogens is 867 g/mol. The van der Waals surface area contributed by atoms with Crippen LogP contribution in [0.3, 0.4) is 0 Å². The van der Waals surface area contributed by atoms with Crippen molar-refractivity contribution >= 4 is 40.0 Å². The minimum atomic E-state index is -2.45. The maximum atomic E-state index is 15.1. The number of rotatable bonds is 2. The highest BCUT2D eigenvalue weighted by molar-refractivity contribution is 6.34. The average Bonchev–Trinajstić information content (AvgIpc) is 4.08. The van der Waals surface area contributed by atoms with E-state index >= 15 is 4.79 Å². The van der Waals surface area contributed by atoms with E-state index in [-0.39, 0.29) is 58.2 Å². The van der Waals surface area contributed by atoms with Gasteiger partial charge in [0.1, 0.15) is 35.8 Å². The summed E-state index contributed by atoms with van der Waals surface area (Å²) in [6.45, 7) is 1.71. The summed E-state index contributed by atoms with van der Waals surface area (Å²) in [7, 11) is 0. The van der Waals surface area contributed by atoms with Crippen molar-refractivity contribution in [3.05, 3.63) is 98.0 Å². The number of aromatic amines is 1. The van der Waals surface area contributed by atoms with Gasteiger partial charge in [-0.2, -0.15) is 0 Å². The number of H-pyrrole nitrogens is 1. The van der Waals surface area contributed by atoms with Crippen molar-refractivity contribution in [1.29, 1.82) is 0 Å². The monoisotopic (exact) mass is 921 g/mol. The van der Waals surface area contributed by atoms with Gasteiger partial charge in [0, 0.05) is 69.4 Å². The molecule has 2 aromatic heterocycles. The van der Waals surface area contributed by atoms with Crippen LogP contribution < -0.4 is 10.1 Å². The summed E-state index contributed by atoms with van der Waals surface area (Å²) in [6, 6.07) is 6.14. The van der Waals surface area contributed by atoms with Crippen LogP contribution in [0.4, 0.5) is 5.82 Å². The van der Waals surface area contributed by atoms with Gasteiger partial charge >= 0.3 is 0 Å². The number of pyridine rings is 1. The van der Waals surface area contributed by atoms with Crippen LogP contribution in [-0.4, -0.2) is 107 Å². The first-order valence-corrected chi connectivity index (χ1v) is 24.8. The van der Waals surface area contributed by atoms with Gasteiger partial charge in [-0.3, -0.25) is 9.59 Å². The first-order chi connectivity index (χ1) is 32.7. The van der Waals surface area contributed by atoms with Gasteiger partial charge < -0.3 is 55.2 Å². The lowest BCUT2D eigenvalue weighted by Gasteiger charge is -2.64. The topological polar surface area (TPSA) is 232 Å². The zero-order chi connectivity index (χ0) is 46.6. The lowest BCUT2D eigenvalue weighted by atomic mass is 9.50. The predicted molar refractivity (Wildman–Crippen MR) is 245 cm³/mol. The number of aryl methyl sites for hydroxylation is 1. The number of nitrogens with zero attached hydrogens (tertiary/aromatic N) is 1. The third kappa shape index (κ3) is 4.84. The normalized spacial score (nSPS) is 37.7. The number of carbonyl (C=O) groups is 3. The van der Waals surface area contributed by atoms with Crippen molar-refractivity contribution in [3.63, 3.8) is 0 Å². The molecule has 4 aliphatic heterocycles. The molecule has 1 saturated heterocycles. The fraction of sp³-hybridized carbons (Fsp3) is 0.519. The third-order valence-electron chi connectivity index (χ3n) is 19.4. The summed E-state index contributed by atoms with van der Waals surface area (Å²) >= 11 is 0. The number of anilines is 1. The Bertz CT molecular complexity index is 3070. The molecule has 11 atom stereocenters. The minimum absolute atomic E-state index is 0.00131. The number of phenolic OH excluding ortho intramolecular Hbond substituents is 1. The van der Waals surface area contributed by atoms with Crippen LogP contribution >= 0.6 is 0 Å². The van der Waals surface area contributed by atoms with Crippen molar-refractivity contribution in [3.8, 4) is 11.5 Å². The summed E-state index contributed by atoms with van der Waals surface area (Å²) in [4.78, 5) is 51.1. The molecule has 14 heteroatoms. The Morgan fingerprint density at radius 2 is 1.74 bits per heavy atom. The number of phenols is 1. The molecular formula is C54H55N3O11. The number of hydrogen-bond donors (Lipinski definition) is 8. The predicted octanol–water partition coefficient (Wildman–Crippen LogP) is 5.53. The third-order valence-corrected chi connectivity index (χ3v) is 19.4. The van der Waals surface area contributed by atoms with Crippen LogP contribution in [0.15, 0.2) is 47.7 Å². The molecule has 8 bridgehead atoms. The molecule has 14 nitrogen and oxygen atoms in total. The highest BCUT2D eigenvalue weighted by Gasteiger charge is 2.76. The number of aldehydes is 1. The molecule has 0 amide bonds. The zero-order valence-electron chi connectivity index (χ0n) is 37.9. The maximum Gasteiger partial charge on any atom is 0.261 e. The van der Waals surface area contributed by atoms with Gasteiger partial charge in [-0.1, -0.05) is 18.4 Å². The van der Waals surface area contributed by atoms with E-state index in [9.17, 15) is 40.2 Å². The highest BCUT2D eigenvalue weighted by Crippen LogP contribution is 2.75. The number of ketones is 2. The molecule has 68 heavy (non-hydrogen) atoms. The summed E-state index contributed by atoms with van der Waals surface area (Å²) in [6.07, 6.45) is 6.08. The molecule has 352 valence electrons. The maximum absolute atomic E-state index is 15.1. The molecule has 2 aromatic carbocycles. The number of carbonyl (C=O) groups excluding carboxylic acids is 3. The Morgan fingerprint density at radius 3 is 2.54 bits per heavy atom. The molecule has 3 saturated carbocycles. The highest BCUT2D eigenvalue weighted by atomic mass is 16.7. The Kier molecular flexibility index (Phi) is 8.31. The molecule has 6 heterocycles. The Balaban J connectivity index is 1.13. The van der Waals surface area contributed by atoms with Gasteiger partial charge in [-0.05, 0) is 147 Å². The van der Waals surface area contributed by atoms with Crippen LogP contribution in [0.2, 0.25) is 0 Å². The van der Waals surface area contributed by atoms with Gasteiger partial charge in [0.05, 0.1) is 23.3 Å². The number of benzene rings is 2. The SMILES string of the molecule is Cc1cc(O)c2c(c1)C(=O)c1c(c3cc4c(nccc14)NCC(O)C14CCC5CCCc6c(CC=O)[nH]c(c6C51)C1=CC5(O3)OC3(C1=C4CC1(CCC4(CCCC4)C1)C3O)C(O)C(O)C5O)C2=O.